The number of anilines is 1. The normalized spacial score (nSPS) is 15.2. The maximum absolute atomic E-state index is 13.7. The summed E-state index contributed by atoms with van der Waals surface area (Å²) in [6, 6.07) is 19.4. The Labute approximate surface area is 246 Å². The maximum atomic E-state index is 13.7. The van der Waals surface area contributed by atoms with Gasteiger partial charge in [-0.05, 0) is 110 Å². The largest absolute Gasteiger partial charge is 0.490 e. The summed E-state index contributed by atoms with van der Waals surface area (Å²) in [6.07, 6.45) is 1.83. The van der Waals surface area contributed by atoms with Crippen molar-refractivity contribution in [3.8, 4) is 11.5 Å². The number of amidine groups is 1. The number of esters is 1. The number of aliphatic imine (C=N–C) groups is 1. The number of benzene rings is 3. The number of ether oxygens (including phenoxy) is 3. The molecule has 1 fully saturated rings. The molecule has 0 aliphatic carbocycles. The summed E-state index contributed by atoms with van der Waals surface area (Å²) >= 11 is 3.46. The van der Waals surface area contributed by atoms with Crippen LogP contribution in [0.5, 0.6) is 11.5 Å². The monoisotopic (exact) mass is 656 g/mol. The van der Waals surface area contributed by atoms with Gasteiger partial charge in [0.15, 0.2) is 23.3 Å². The zero-order chi connectivity index (χ0) is 27.9. The van der Waals surface area contributed by atoms with Crippen LogP contribution in [0.4, 0.5) is 11.4 Å². The van der Waals surface area contributed by atoms with Crippen LogP contribution in [0, 0.1) is 17.4 Å². The molecule has 1 amide bonds. The van der Waals surface area contributed by atoms with E-state index in [4.69, 9.17) is 19.2 Å². The molecule has 0 bridgehead atoms. The first-order chi connectivity index (χ1) is 18.8. The molecule has 0 N–H and O–H groups in total. The van der Waals surface area contributed by atoms with Crippen molar-refractivity contribution in [2.24, 2.45) is 4.99 Å². The zero-order valence-electron chi connectivity index (χ0n) is 22.2. The van der Waals surface area contributed by atoms with Gasteiger partial charge >= 0.3 is 5.97 Å². The lowest BCUT2D eigenvalue weighted by Gasteiger charge is -2.16. The van der Waals surface area contributed by atoms with Gasteiger partial charge in [0, 0.05) is 0 Å². The third-order valence-electron chi connectivity index (χ3n) is 5.63. The molecule has 3 aromatic rings. The van der Waals surface area contributed by atoms with Crippen molar-refractivity contribution in [3.63, 3.8) is 0 Å². The minimum atomic E-state index is -0.452. The van der Waals surface area contributed by atoms with Crippen LogP contribution < -0.4 is 14.4 Å². The van der Waals surface area contributed by atoms with Crippen LogP contribution in [0.1, 0.15) is 30.5 Å². The van der Waals surface area contributed by atoms with Gasteiger partial charge < -0.3 is 14.2 Å². The highest BCUT2D eigenvalue weighted by molar-refractivity contribution is 14.1. The molecule has 1 heterocycles. The number of thioether (sulfide) groups is 1. The fraction of sp³-hybridized carbons (Fsp3) is 0.233. The molecule has 0 spiro atoms. The first kappa shape index (κ1) is 28.7. The summed E-state index contributed by atoms with van der Waals surface area (Å²) < 4.78 is 17.3. The highest BCUT2D eigenvalue weighted by Crippen LogP contribution is 2.40. The Morgan fingerprint density at radius 2 is 1.64 bits per heavy atom. The Kier molecular flexibility index (Phi) is 9.68. The SMILES string of the molecule is CCOC(=O)COc1c(I)cc(/C=C2/SC(=Nc3ccc(C)cc3)N(c3ccc(C)cc3)C2=O)cc1OCC. The number of amides is 1. The number of carbonyl (C=O) groups is 2. The molecule has 9 heteroatoms. The quantitative estimate of drug-likeness (QED) is 0.140. The lowest BCUT2D eigenvalue weighted by molar-refractivity contribution is -0.145. The van der Waals surface area contributed by atoms with Crippen LogP contribution in [-0.2, 0) is 14.3 Å². The molecule has 4 rings (SSSR count). The number of rotatable bonds is 9. The Morgan fingerprint density at radius 1 is 0.974 bits per heavy atom. The van der Waals surface area contributed by atoms with Crippen molar-refractivity contribution >= 4 is 68.8 Å². The first-order valence-electron chi connectivity index (χ1n) is 12.5. The predicted octanol–water partition coefficient (Wildman–Crippen LogP) is 7.06. The average Bonchev–Trinajstić information content (AvgIpc) is 3.20. The smallest absolute Gasteiger partial charge is 0.344 e. The topological polar surface area (TPSA) is 77.4 Å². The van der Waals surface area contributed by atoms with Gasteiger partial charge in [-0.1, -0.05) is 35.4 Å². The predicted molar refractivity (Wildman–Crippen MR) is 165 cm³/mol. The molecule has 0 aromatic heterocycles. The van der Waals surface area contributed by atoms with Gasteiger partial charge in [-0.25, -0.2) is 9.79 Å². The van der Waals surface area contributed by atoms with E-state index < -0.39 is 5.97 Å². The highest BCUT2D eigenvalue weighted by Gasteiger charge is 2.35. The highest BCUT2D eigenvalue weighted by atomic mass is 127. The van der Waals surface area contributed by atoms with E-state index in [1.807, 2.05) is 81.4 Å². The van der Waals surface area contributed by atoms with Crippen molar-refractivity contribution < 1.29 is 23.8 Å². The van der Waals surface area contributed by atoms with Gasteiger partial charge in [0.25, 0.3) is 5.91 Å². The Morgan fingerprint density at radius 3 is 2.28 bits per heavy atom. The van der Waals surface area contributed by atoms with Crippen molar-refractivity contribution in [1.82, 2.24) is 0 Å². The van der Waals surface area contributed by atoms with Crippen molar-refractivity contribution in [2.45, 2.75) is 27.7 Å². The van der Waals surface area contributed by atoms with Crippen molar-refractivity contribution in [2.75, 3.05) is 24.7 Å². The maximum Gasteiger partial charge on any atom is 0.344 e. The molecule has 1 aliphatic rings. The molecule has 0 unspecified atom stereocenters. The van der Waals surface area contributed by atoms with Crippen LogP contribution in [-0.4, -0.2) is 36.9 Å². The summed E-state index contributed by atoms with van der Waals surface area (Å²) in [6.45, 7) is 8.12. The summed E-state index contributed by atoms with van der Waals surface area (Å²) in [7, 11) is 0. The number of nitrogens with zero attached hydrogens (tertiary/aromatic N) is 2. The second-order valence-electron chi connectivity index (χ2n) is 8.67. The number of halogens is 1. The van der Waals surface area contributed by atoms with Crippen LogP contribution >= 0.6 is 34.4 Å². The van der Waals surface area contributed by atoms with Crippen LogP contribution in [0.3, 0.4) is 0 Å². The minimum Gasteiger partial charge on any atom is -0.490 e. The van der Waals surface area contributed by atoms with Crippen molar-refractivity contribution in [3.05, 3.63) is 85.8 Å². The lowest BCUT2D eigenvalue weighted by Crippen LogP contribution is -2.28. The molecule has 3 aromatic carbocycles. The van der Waals surface area contributed by atoms with Gasteiger partial charge in [0.2, 0.25) is 0 Å². The Hall–Kier alpha value is -3.31. The first-order valence-corrected chi connectivity index (χ1v) is 14.4. The van der Waals surface area contributed by atoms with Crippen LogP contribution in [0.2, 0.25) is 0 Å². The Bertz CT molecular complexity index is 1420. The van der Waals surface area contributed by atoms with Crippen LogP contribution in [0.25, 0.3) is 6.08 Å². The molecule has 1 aliphatic heterocycles. The zero-order valence-corrected chi connectivity index (χ0v) is 25.2. The number of hydrogen-bond acceptors (Lipinski definition) is 7. The fourth-order valence-electron chi connectivity index (χ4n) is 3.76. The second-order valence-corrected chi connectivity index (χ2v) is 10.8. The summed E-state index contributed by atoms with van der Waals surface area (Å²) in [5.41, 5.74) is 4.53. The summed E-state index contributed by atoms with van der Waals surface area (Å²) in [4.78, 5) is 32.5. The van der Waals surface area contributed by atoms with Crippen LogP contribution in [0.15, 0.2) is 70.6 Å². The minimum absolute atomic E-state index is 0.162. The standard InChI is InChI=1S/C30H29IN2O5S/c1-5-36-25-16-21(15-24(31)28(25)38-18-27(34)37-6-2)17-26-29(35)33(23-13-9-20(4)10-14-23)30(39-26)32-22-11-7-19(3)8-12-22/h7-17H,5-6,18H2,1-4H3/b26-17+,32-30?. The van der Waals surface area contributed by atoms with E-state index in [0.717, 1.165) is 31.6 Å². The third kappa shape index (κ3) is 7.21. The molecular weight excluding hydrogens is 627 g/mol. The molecular formula is C30H29IN2O5S. The molecule has 1 saturated heterocycles. The van der Waals surface area contributed by atoms with E-state index in [1.165, 1.54) is 11.8 Å². The number of carbonyl (C=O) groups excluding carboxylic acids is 2. The van der Waals surface area contributed by atoms with E-state index in [2.05, 4.69) is 22.6 Å². The number of aryl methyl sites for hydroxylation is 2. The van der Waals surface area contributed by atoms with Gasteiger partial charge in [0.1, 0.15) is 0 Å². The second kappa shape index (κ2) is 13.2. The molecule has 7 nitrogen and oxygen atoms in total. The van der Waals surface area contributed by atoms with Gasteiger partial charge in [-0.3, -0.25) is 9.69 Å². The van der Waals surface area contributed by atoms with Gasteiger partial charge in [-0.15, -0.1) is 0 Å². The summed E-state index contributed by atoms with van der Waals surface area (Å²) in [5, 5.41) is 0.577. The van der Waals surface area contributed by atoms with Gasteiger partial charge in [-0.2, -0.15) is 0 Å². The number of hydrogen-bond donors (Lipinski definition) is 0. The van der Waals surface area contributed by atoms with E-state index in [-0.39, 0.29) is 19.1 Å². The molecule has 0 atom stereocenters. The van der Waals surface area contributed by atoms with E-state index in [9.17, 15) is 9.59 Å². The molecule has 39 heavy (non-hydrogen) atoms. The van der Waals surface area contributed by atoms with Crippen molar-refractivity contribution in [1.29, 1.82) is 0 Å². The third-order valence-corrected chi connectivity index (χ3v) is 7.40. The Balaban J connectivity index is 1.70. The van der Waals surface area contributed by atoms with E-state index in [1.54, 1.807) is 17.9 Å². The molecule has 0 radical (unpaired) electrons. The van der Waals surface area contributed by atoms with E-state index in [0.29, 0.717) is 28.2 Å². The van der Waals surface area contributed by atoms with E-state index >= 15 is 0 Å². The fourth-order valence-corrected chi connectivity index (χ4v) is 5.54. The lowest BCUT2D eigenvalue weighted by atomic mass is 10.1. The summed E-state index contributed by atoms with van der Waals surface area (Å²) in [5.74, 6) is 0.331. The van der Waals surface area contributed by atoms with Gasteiger partial charge in [0.05, 0.1) is 33.1 Å². The molecule has 0 saturated carbocycles. The molecule has 202 valence electrons. The average molecular weight is 657 g/mol.